The number of halogens is 2. The van der Waals surface area contributed by atoms with Gasteiger partial charge in [-0.25, -0.2) is 4.98 Å². The van der Waals surface area contributed by atoms with Crippen molar-refractivity contribution >= 4 is 28.6 Å². The Morgan fingerprint density at radius 3 is 2.92 bits per heavy atom. The summed E-state index contributed by atoms with van der Waals surface area (Å²) >= 11 is 2.87. The van der Waals surface area contributed by atoms with Crippen molar-refractivity contribution in [3.8, 4) is 15.6 Å². The highest BCUT2D eigenvalue weighted by atomic mass is 32.1. The molecule has 124 valence electrons. The summed E-state index contributed by atoms with van der Waals surface area (Å²) in [4.78, 5) is 17.9. The van der Waals surface area contributed by atoms with E-state index in [4.69, 9.17) is 0 Å². The lowest BCUT2D eigenvalue weighted by molar-refractivity contribution is -0.0498. The Bertz CT molecular complexity index is 819. The fourth-order valence-electron chi connectivity index (χ4n) is 1.99. The van der Waals surface area contributed by atoms with E-state index in [-0.39, 0.29) is 18.2 Å². The van der Waals surface area contributed by atoms with Crippen molar-refractivity contribution in [2.75, 3.05) is 0 Å². The molecule has 3 rings (SSSR count). The maximum atomic E-state index is 12.2. The molecule has 0 atom stereocenters. The third kappa shape index (κ3) is 4.15. The molecule has 24 heavy (non-hydrogen) atoms. The number of amides is 1. The minimum absolute atomic E-state index is 0.0644. The fourth-order valence-corrected chi connectivity index (χ4v) is 3.63. The molecular weight excluding hydrogens is 354 g/mol. The number of carbonyl (C=O) groups is 1. The summed E-state index contributed by atoms with van der Waals surface area (Å²) in [6, 6.07) is 10.1. The summed E-state index contributed by atoms with van der Waals surface area (Å²) in [5.74, 6) is -0.190. The molecule has 0 aliphatic heterocycles. The molecule has 0 unspecified atom stereocenters. The summed E-state index contributed by atoms with van der Waals surface area (Å²) in [6.07, 6.45) is 1.53. The molecule has 0 aliphatic carbocycles. The second-order valence-electron chi connectivity index (χ2n) is 4.72. The molecule has 1 N–H and O–H groups in total. The van der Waals surface area contributed by atoms with Gasteiger partial charge >= 0.3 is 6.61 Å². The number of rotatable bonds is 6. The van der Waals surface area contributed by atoms with E-state index in [0.29, 0.717) is 10.4 Å². The predicted molar refractivity (Wildman–Crippen MR) is 89.7 cm³/mol. The Morgan fingerprint density at radius 1 is 1.29 bits per heavy atom. The van der Waals surface area contributed by atoms with E-state index >= 15 is 0 Å². The molecule has 0 aliphatic rings. The first-order valence-electron chi connectivity index (χ1n) is 6.93. The van der Waals surface area contributed by atoms with E-state index in [1.165, 1.54) is 29.7 Å². The summed E-state index contributed by atoms with van der Waals surface area (Å²) in [5.41, 5.74) is 0.671. The molecule has 3 aromatic rings. The van der Waals surface area contributed by atoms with Crippen LogP contribution in [0.1, 0.15) is 15.2 Å². The normalized spacial score (nSPS) is 10.8. The van der Waals surface area contributed by atoms with Crippen molar-refractivity contribution in [1.29, 1.82) is 0 Å². The van der Waals surface area contributed by atoms with Crippen LogP contribution in [0.3, 0.4) is 0 Å². The van der Waals surface area contributed by atoms with Crippen molar-refractivity contribution in [1.82, 2.24) is 10.3 Å². The number of thiophene rings is 1. The van der Waals surface area contributed by atoms with Gasteiger partial charge in [-0.15, -0.1) is 22.7 Å². The van der Waals surface area contributed by atoms with Crippen molar-refractivity contribution in [2.45, 2.75) is 13.2 Å². The van der Waals surface area contributed by atoms with Gasteiger partial charge in [0, 0.05) is 6.54 Å². The number of alkyl halides is 2. The van der Waals surface area contributed by atoms with Crippen LogP contribution in [0.4, 0.5) is 8.78 Å². The average molecular weight is 366 g/mol. The van der Waals surface area contributed by atoms with Gasteiger partial charge in [0.05, 0.1) is 11.1 Å². The number of benzene rings is 1. The maximum Gasteiger partial charge on any atom is 0.387 e. The van der Waals surface area contributed by atoms with E-state index in [9.17, 15) is 13.6 Å². The summed E-state index contributed by atoms with van der Waals surface area (Å²) in [5, 5.41) is 5.49. The lowest BCUT2D eigenvalue weighted by atomic mass is 10.2. The van der Waals surface area contributed by atoms with Gasteiger partial charge in [0.2, 0.25) is 0 Å². The predicted octanol–water partition coefficient (Wildman–Crippen LogP) is 4.40. The van der Waals surface area contributed by atoms with Gasteiger partial charge in [0.15, 0.2) is 0 Å². The highest BCUT2D eigenvalue weighted by Crippen LogP contribution is 2.28. The highest BCUT2D eigenvalue weighted by molar-refractivity contribution is 7.21. The number of nitrogens with one attached hydrogen (secondary N) is 1. The van der Waals surface area contributed by atoms with Gasteiger partial charge in [0.1, 0.15) is 15.6 Å². The number of carbonyl (C=O) groups excluding carboxylic acids is 1. The molecule has 0 bridgehead atoms. The van der Waals surface area contributed by atoms with E-state index in [1.54, 1.807) is 23.5 Å². The Hall–Kier alpha value is -2.32. The van der Waals surface area contributed by atoms with Crippen molar-refractivity contribution in [3.05, 3.63) is 58.4 Å². The standard InChI is InChI=1S/C16H12F2N2O2S2/c17-16(18)22-11-4-1-3-10(7-11)8-19-14(21)13-9-20-15(24-13)12-5-2-6-23-12/h1-7,9,16H,8H2,(H,19,21). The first kappa shape index (κ1) is 16.5. The summed E-state index contributed by atoms with van der Waals surface area (Å²) in [7, 11) is 0. The Labute approximate surface area is 144 Å². The van der Waals surface area contributed by atoms with E-state index in [2.05, 4.69) is 15.0 Å². The van der Waals surface area contributed by atoms with Crippen LogP contribution in [-0.2, 0) is 6.54 Å². The quantitative estimate of drug-likeness (QED) is 0.703. The first-order chi connectivity index (χ1) is 11.6. The third-order valence-electron chi connectivity index (χ3n) is 3.04. The van der Waals surface area contributed by atoms with Gasteiger partial charge < -0.3 is 10.1 Å². The van der Waals surface area contributed by atoms with Crippen molar-refractivity contribution in [2.24, 2.45) is 0 Å². The Morgan fingerprint density at radius 2 is 2.17 bits per heavy atom. The maximum absolute atomic E-state index is 12.2. The molecule has 4 nitrogen and oxygen atoms in total. The molecule has 0 saturated carbocycles. The molecule has 0 saturated heterocycles. The van der Waals surface area contributed by atoms with E-state index in [0.717, 1.165) is 9.88 Å². The average Bonchev–Trinajstić information content (AvgIpc) is 3.23. The topological polar surface area (TPSA) is 51.2 Å². The molecule has 1 aromatic carbocycles. The Kier molecular flexibility index (Phi) is 5.17. The second-order valence-corrected chi connectivity index (χ2v) is 6.69. The largest absolute Gasteiger partial charge is 0.435 e. The number of ether oxygens (including phenoxy) is 1. The van der Waals surface area contributed by atoms with Gasteiger partial charge in [-0.3, -0.25) is 4.79 Å². The molecule has 8 heteroatoms. The monoisotopic (exact) mass is 366 g/mol. The molecule has 0 fully saturated rings. The zero-order chi connectivity index (χ0) is 16.9. The molecule has 0 radical (unpaired) electrons. The minimum Gasteiger partial charge on any atom is -0.435 e. The van der Waals surface area contributed by atoms with Crippen LogP contribution >= 0.6 is 22.7 Å². The van der Waals surface area contributed by atoms with Crippen LogP contribution in [0.15, 0.2) is 48.0 Å². The van der Waals surface area contributed by atoms with E-state index in [1.807, 2.05) is 17.5 Å². The van der Waals surface area contributed by atoms with Gasteiger partial charge in [-0.1, -0.05) is 18.2 Å². The Balaban J connectivity index is 1.61. The summed E-state index contributed by atoms with van der Waals surface area (Å²) in [6.45, 7) is -2.66. The summed E-state index contributed by atoms with van der Waals surface area (Å²) < 4.78 is 28.8. The lowest BCUT2D eigenvalue weighted by Gasteiger charge is -2.07. The molecular formula is C16H12F2N2O2S2. The second kappa shape index (κ2) is 7.50. The zero-order valence-electron chi connectivity index (χ0n) is 12.2. The minimum atomic E-state index is -2.87. The molecule has 2 aromatic heterocycles. The molecule has 2 heterocycles. The number of hydrogen-bond acceptors (Lipinski definition) is 5. The van der Waals surface area contributed by atoms with Gasteiger partial charge in [-0.05, 0) is 29.1 Å². The van der Waals surface area contributed by atoms with E-state index < -0.39 is 6.61 Å². The van der Waals surface area contributed by atoms with Crippen LogP contribution in [0, 0.1) is 0 Å². The number of hydrogen-bond donors (Lipinski definition) is 1. The van der Waals surface area contributed by atoms with Crippen LogP contribution < -0.4 is 10.1 Å². The number of thiazole rings is 1. The highest BCUT2D eigenvalue weighted by Gasteiger charge is 2.12. The third-order valence-corrected chi connectivity index (χ3v) is 5.07. The van der Waals surface area contributed by atoms with Crippen LogP contribution in [0.5, 0.6) is 5.75 Å². The fraction of sp³-hybridized carbons (Fsp3) is 0.125. The number of aromatic nitrogens is 1. The van der Waals surface area contributed by atoms with Crippen molar-refractivity contribution in [3.63, 3.8) is 0 Å². The molecule has 1 amide bonds. The lowest BCUT2D eigenvalue weighted by Crippen LogP contribution is -2.21. The zero-order valence-corrected chi connectivity index (χ0v) is 13.9. The van der Waals surface area contributed by atoms with Crippen LogP contribution in [0.25, 0.3) is 9.88 Å². The number of nitrogens with zero attached hydrogens (tertiary/aromatic N) is 1. The first-order valence-corrected chi connectivity index (χ1v) is 8.63. The van der Waals surface area contributed by atoms with Crippen LogP contribution in [0.2, 0.25) is 0 Å². The van der Waals surface area contributed by atoms with Gasteiger partial charge in [-0.2, -0.15) is 8.78 Å². The van der Waals surface area contributed by atoms with Crippen molar-refractivity contribution < 1.29 is 18.3 Å². The molecule has 0 spiro atoms. The van der Waals surface area contributed by atoms with Crippen LogP contribution in [-0.4, -0.2) is 17.5 Å². The van der Waals surface area contributed by atoms with Gasteiger partial charge in [0.25, 0.3) is 5.91 Å². The SMILES string of the molecule is O=C(NCc1cccc(OC(F)F)c1)c1cnc(-c2cccs2)s1. The smallest absolute Gasteiger partial charge is 0.387 e.